The van der Waals surface area contributed by atoms with E-state index >= 15 is 0 Å². The summed E-state index contributed by atoms with van der Waals surface area (Å²) in [5, 5.41) is 12.5. The highest BCUT2D eigenvalue weighted by Crippen LogP contribution is 2.53. The molecule has 0 fully saturated rings. The van der Waals surface area contributed by atoms with E-state index in [1.165, 1.54) is 197 Å². The summed E-state index contributed by atoms with van der Waals surface area (Å²) >= 11 is 0. The van der Waals surface area contributed by atoms with Crippen molar-refractivity contribution in [3.8, 4) is 56.8 Å². The highest BCUT2D eigenvalue weighted by Gasteiger charge is 2.29. The molecule has 9 heteroatoms. The van der Waals surface area contributed by atoms with Crippen LogP contribution in [0.25, 0.3) is 87.1 Å². The molecule has 0 saturated heterocycles. The third-order valence-corrected chi connectivity index (χ3v) is 25.6. The van der Waals surface area contributed by atoms with Crippen molar-refractivity contribution in [3.63, 3.8) is 0 Å². The zero-order valence-electron chi connectivity index (χ0n) is 80.2. The second kappa shape index (κ2) is 45.7. The molecule has 15 aromatic rings. The molecular weight excluding hydrogens is 1640 g/mol. The first-order chi connectivity index (χ1) is 64.6. The summed E-state index contributed by atoms with van der Waals surface area (Å²) in [7, 11) is 0. The van der Waals surface area contributed by atoms with Crippen molar-refractivity contribution in [1.29, 1.82) is 0 Å². The Bertz CT molecular complexity index is 6480. The van der Waals surface area contributed by atoms with Crippen molar-refractivity contribution in [2.75, 3.05) is 31.3 Å². The largest absolute Gasteiger partial charge is 0.493 e. The number of allylic oxidation sites excluding steroid dienone is 5. The van der Waals surface area contributed by atoms with Crippen LogP contribution in [0.4, 0.5) is 25.8 Å². The standard InChI is InChI=1S/C36H29NO.C28H34.C22H28O2.C20H23N.C18H18F2O2/c1-22-3-13-33-35(15-22)38-36-16-23(2)4-14-34(36)37(33)32-20-30(28-11-7-24-5-9-26(24)17-28)19-31(21-32)29-12-8-25-6-10-27(25)18-29;1-5-7-9-11-13-23-24(14-12-10-8-6-2)28-20-22(4)16-18-26(28)25-17-15-21(3)19-27(23)25;1-5-7-9-11-23-21-15-17(3)14-20-19(21)13-18(4)16-22(20)24-12-10-8-6-2;1-4-5-6-7-12-21-19-10-8-15(2)13-17(19)18-14-16(3)9-11-20(18)21;1-4-6-21-16-10-12(2)9-15-14(16)8-13(3)11-17(15)22-7-5-18(19)20/h3-4,7-8,11-21H,5-6,9-10H2,1-2H3;5-6,15-20H,1-2,7-14H2,3-4H3;5-6,13-16H,1-2,7-12H2,3-4H3;4,8-11,13-14H,1,5-7,12H2,2-3H3;4-5,8-11H,1,6-7H2,2-3H3. The molecule has 0 atom stereocenters. The maximum atomic E-state index is 12.2. The minimum absolute atomic E-state index is 0.169. The first-order valence-electron chi connectivity index (χ1n) is 47.9. The van der Waals surface area contributed by atoms with E-state index in [9.17, 15) is 8.78 Å². The minimum atomic E-state index is -1.75. The summed E-state index contributed by atoms with van der Waals surface area (Å²) in [6.45, 7) is 46.5. The molecule has 1 aromatic heterocycles. The van der Waals surface area contributed by atoms with Gasteiger partial charge in [0.05, 0.1) is 24.6 Å². The quantitative estimate of drug-likeness (QED) is 0.0228. The molecule has 0 bridgehead atoms. The van der Waals surface area contributed by atoms with Gasteiger partial charge < -0.3 is 33.2 Å². The van der Waals surface area contributed by atoms with Gasteiger partial charge in [-0.25, -0.2) is 0 Å². The Balaban J connectivity index is 0.000000136. The summed E-state index contributed by atoms with van der Waals surface area (Å²) in [5.41, 5.74) is 32.3. The number of hydrogen-bond donors (Lipinski definition) is 0. The first-order valence-corrected chi connectivity index (χ1v) is 47.9. The van der Waals surface area contributed by atoms with Gasteiger partial charge in [-0.2, -0.15) is 8.78 Å². The van der Waals surface area contributed by atoms with E-state index in [1.54, 1.807) is 17.2 Å². The van der Waals surface area contributed by atoms with Gasteiger partial charge in [0, 0.05) is 61.7 Å². The maximum absolute atomic E-state index is 12.2. The molecule has 0 amide bonds. The number of anilines is 3. The fourth-order valence-electron chi connectivity index (χ4n) is 18.6. The third-order valence-electron chi connectivity index (χ3n) is 25.6. The minimum Gasteiger partial charge on any atom is -0.493 e. The summed E-state index contributed by atoms with van der Waals surface area (Å²) in [5.74, 6) is 4.98. The van der Waals surface area contributed by atoms with Gasteiger partial charge in [0.1, 0.15) is 36.2 Å². The van der Waals surface area contributed by atoms with Crippen LogP contribution in [0.1, 0.15) is 172 Å². The summed E-state index contributed by atoms with van der Waals surface area (Å²) in [4.78, 5) is 2.38. The number of aromatic nitrogens is 1. The van der Waals surface area contributed by atoms with Gasteiger partial charge in [-0.15, -0.1) is 32.9 Å². The van der Waals surface area contributed by atoms with Crippen molar-refractivity contribution in [2.45, 2.75) is 198 Å². The van der Waals surface area contributed by atoms with Crippen LogP contribution in [0.15, 0.2) is 300 Å². The second-order valence-electron chi connectivity index (χ2n) is 36.4. The molecule has 133 heavy (non-hydrogen) atoms. The topological polar surface area (TPSA) is 54.3 Å². The number of unbranched alkanes of at least 4 members (excludes halogenated alkanes) is 8. The molecule has 2 heterocycles. The Morgan fingerprint density at radius 1 is 0.308 bits per heavy atom. The number of fused-ring (bicyclic) bond motifs is 12. The van der Waals surface area contributed by atoms with Crippen LogP contribution in [0.5, 0.6) is 34.5 Å². The first kappa shape index (κ1) is 95.8. The number of ether oxygens (including phenoxy) is 5. The zero-order valence-corrected chi connectivity index (χ0v) is 80.2. The summed E-state index contributed by atoms with van der Waals surface area (Å²) in [6.07, 6.45) is 32.3. The lowest BCUT2D eigenvalue weighted by Gasteiger charge is -2.34. The van der Waals surface area contributed by atoms with E-state index in [-0.39, 0.29) is 6.61 Å². The van der Waals surface area contributed by atoms with Gasteiger partial charge in [0.2, 0.25) is 0 Å². The molecule has 7 nitrogen and oxygen atoms in total. The molecule has 0 spiro atoms. The van der Waals surface area contributed by atoms with Crippen molar-refractivity contribution in [3.05, 3.63) is 389 Å². The SMILES string of the molecule is C=CCCCCc1c(CCCCC=C)c2cc(C)ccc2c2ccc(C)cc12.C=CCCCCn1c2ccc(C)cc2c2cc(C)ccc21.C=CCCCOc1cc(C)cc2c(OCCCC=C)cc(C)cc12.C=CCOc1cc(C)cc2c(OCC=C(F)F)cc(C)cc12.Cc1ccc2c(c1)Oc1cc(C)ccc1N2c1cc(-c2ccc3c(c2)CC3)cc(-c2ccc3c(c2)CC3)c1. The Kier molecular flexibility index (Phi) is 33.0. The van der Waals surface area contributed by atoms with Gasteiger partial charge in [-0.3, -0.25) is 0 Å². The van der Waals surface area contributed by atoms with Crippen molar-refractivity contribution in [2.24, 2.45) is 0 Å². The average molecular weight is 1770 g/mol. The van der Waals surface area contributed by atoms with E-state index in [0.717, 1.165) is 149 Å². The zero-order chi connectivity index (χ0) is 93.6. The molecule has 0 N–H and O–H groups in total. The van der Waals surface area contributed by atoms with Gasteiger partial charge in [0.25, 0.3) is 6.08 Å². The van der Waals surface area contributed by atoms with Crippen LogP contribution >= 0.6 is 0 Å². The monoisotopic (exact) mass is 1770 g/mol. The number of rotatable bonds is 34. The van der Waals surface area contributed by atoms with E-state index in [4.69, 9.17) is 23.7 Å². The maximum Gasteiger partial charge on any atom is 0.269 e. The highest BCUT2D eigenvalue weighted by molar-refractivity contribution is 6.12. The molecule has 2 aliphatic carbocycles. The lowest BCUT2D eigenvalue weighted by atomic mass is 9.84. The van der Waals surface area contributed by atoms with Crippen molar-refractivity contribution in [1.82, 2.24) is 4.57 Å². The average Bonchev–Trinajstić information content (AvgIpc) is 1.75. The molecule has 682 valence electrons. The molecular formula is C124H132F2N2O5. The molecule has 18 rings (SSSR count). The lowest BCUT2D eigenvalue weighted by molar-refractivity contribution is 0.312. The molecule has 0 radical (unpaired) electrons. The predicted octanol–water partition coefficient (Wildman–Crippen LogP) is 34.9. The smallest absolute Gasteiger partial charge is 0.269 e. The van der Waals surface area contributed by atoms with Crippen molar-refractivity contribution >= 4 is 82.0 Å². The number of halogens is 2. The number of benzene rings is 14. The van der Waals surface area contributed by atoms with E-state index in [1.807, 2.05) is 68.5 Å². The molecule has 3 aliphatic rings. The molecule has 1 aliphatic heterocycles. The van der Waals surface area contributed by atoms with E-state index < -0.39 is 6.08 Å². The molecule has 0 unspecified atom stereocenters. The number of hydrogen-bond acceptors (Lipinski definition) is 6. The van der Waals surface area contributed by atoms with Crippen LogP contribution < -0.4 is 28.6 Å². The van der Waals surface area contributed by atoms with Crippen LogP contribution in [0.2, 0.25) is 0 Å². The van der Waals surface area contributed by atoms with E-state index in [2.05, 4.69) is 292 Å². The Labute approximate surface area is 789 Å². The predicted molar refractivity (Wildman–Crippen MR) is 564 cm³/mol. The fourth-order valence-corrected chi connectivity index (χ4v) is 18.6. The van der Waals surface area contributed by atoms with Crippen molar-refractivity contribution < 1.29 is 32.5 Å². The Morgan fingerprint density at radius 3 is 1.06 bits per heavy atom. The van der Waals surface area contributed by atoms with Gasteiger partial charge in [-0.05, 0) is 417 Å². The van der Waals surface area contributed by atoms with Crippen LogP contribution in [0, 0.1) is 69.2 Å². The normalized spacial score (nSPS) is 11.9. The Morgan fingerprint density at radius 2 is 0.669 bits per heavy atom. The van der Waals surface area contributed by atoms with Gasteiger partial charge in [0.15, 0.2) is 11.5 Å². The lowest BCUT2D eigenvalue weighted by Crippen LogP contribution is -2.16. The van der Waals surface area contributed by atoms with Crippen LogP contribution in [-0.2, 0) is 45.1 Å². The fraction of sp³-hybridized carbons (Fsp3) is 0.274. The van der Waals surface area contributed by atoms with Crippen LogP contribution in [-0.4, -0.2) is 31.0 Å². The number of nitrogens with zero attached hydrogens (tertiary/aromatic N) is 2. The Hall–Kier alpha value is -13.2. The van der Waals surface area contributed by atoms with Gasteiger partial charge in [-0.1, -0.05) is 162 Å². The van der Waals surface area contributed by atoms with Crippen LogP contribution in [0.3, 0.4) is 0 Å². The third kappa shape index (κ3) is 23.8. The molecule has 14 aromatic carbocycles. The van der Waals surface area contributed by atoms with Gasteiger partial charge >= 0.3 is 0 Å². The summed E-state index contributed by atoms with van der Waals surface area (Å²) < 4.78 is 56.5. The highest BCUT2D eigenvalue weighted by atomic mass is 19.3. The number of aryl methyl sites for hydroxylation is 17. The summed E-state index contributed by atoms with van der Waals surface area (Å²) in [6, 6.07) is 78.0. The molecule has 0 saturated carbocycles. The van der Waals surface area contributed by atoms with E-state index in [0.29, 0.717) is 25.6 Å². The second-order valence-corrected chi connectivity index (χ2v) is 36.4.